The molecule has 1 atom stereocenters. The monoisotopic (exact) mass is 407 g/mol. The number of para-hydroxylation sites is 1. The average Bonchev–Trinajstić information content (AvgIpc) is 2.95. The van der Waals surface area contributed by atoms with Gasteiger partial charge in [-0.25, -0.2) is 4.79 Å². The first kappa shape index (κ1) is 18.7. The number of nitrogens with one attached hydrogen (secondary N) is 1. The Hall–Kier alpha value is -2.08. The lowest BCUT2D eigenvalue weighted by atomic mass is 10.1. The van der Waals surface area contributed by atoms with Crippen molar-refractivity contribution in [2.45, 2.75) is 20.0 Å². The second-order valence-electron chi connectivity index (χ2n) is 5.69. The van der Waals surface area contributed by atoms with Gasteiger partial charge < -0.3 is 10.1 Å². The molecule has 0 aliphatic rings. The van der Waals surface area contributed by atoms with Gasteiger partial charge >= 0.3 is 5.97 Å². The zero-order valence-corrected chi connectivity index (χ0v) is 16.3. The number of amides is 1. The lowest BCUT2D eigenvalue weighted by Gasteiger charge is -2.15. The van der Waals surface area contributed by atoms with Gasteiger partial charge in [-0.1, -0.05) is 47.5 Å². The summed E-state index contributed by atoms with van der Waals surface area (Å²) in [4.78, 5) is 25.3. The summed E-state index contributed by atoms with van der Waals surface area (Å²) < 4.78 is 6.33. The van der Waals surface area contributed by atoms with Gasteiger partial charge in [0.1, 0.15) is 4.88 Å². The Morgan fingerprint density at radius 3 is 2.38 bits per heavy atom. The predicted octanol–water partition coefficient (Wildman–Crippen LogP) is 5.70. The number of thiophene rings is 1. The Bertz CT molecular complexity index is 979. The normalized spacial score (nSPS) is 12.0. The molecule has 134 valence electrons. The molecule has 1 N–H and O–H groups in total. The highest BCUT2D eigenvalue weighted by atomic mass is 35.5. The molecule has 0 saturated carbocycles. The number of fused-ring (bicyclic) bond motifs is 1. The average molecular weight is 408 g/mol. The van der Waals surface area contributed by atoms with E-state index in [2.05, 4.69) is 5.32 Å². The van der Waals surface area contributed by atoms with Crippen LogP contribution in [0.25, 0.3) is 10.1 Å². The van der Waals surface area contributed by atoms with Crippen LogP contribution < -0.4 is 5.32 Å². The molecular formula is C19H15Cl2NO3S. The number of carbonyl (C=O) groups excluding carboxylic acids is 2. The van der Waals surface area contributed by atoms with E-state index in [9.17, 15) is 9.59 Å². The van der Waals surface area contributed by atoms with Crippen LogP contribution in [0.2, 0.25) is 10.0 Å². The summed E-state index contributed by atoms with van der Waals surface area (Å²) in [6.07, 6.45) is -1.00. The topological polar surface area (TPSA) is 55.4 Å². The Morgan fingerprint density at radius 1 is 1.08 bits per heavy atom. The van der Waals surface area contributed by atoms with Crippen LogP contribution in [-0.4, -0.2) is 18.0 Å². The molecule has 0 aliphatic carbocycles. The molecular weight excluding hydrogens is 393 g/mol. The van der Waals surface area contributed by atoms with Gasteiger partial charge in [-0.05, 0) is 43.0 Å². The van der Waals surface area contributed by atoms with E-state index < -0.39 is 18.0 Å². The molecule has 1 aromatic heterocycles. The Morgan fingerprint density at radius 2 is 1.73 bits per heavy atom. The van der Waals surface area contributed by atoms with Gasteiger partial charge in [0.05, 0.1) is 15.7 Å². The molecule has 2 aromatic carbocycles. The van der Waals surface area contributed by atoms with Crippen LogP contribution in [0, 0.1) is 6.92 Å². The van der Waals surface area contributed by atoms with Crippen molar-refractivity contribution in [2.75, 3.05) is 5.32 Å². The lowest BCUT2D eigenvalue weighted by Crippen LogP contribution is -2.30. The van der Waals surface area contributed by atoms with Crippen LogP contribution in [0.1, 0.15) is 22.2 Å². The molecule has 0 unspecified atom stereocenters. The van der Waals surface area contributed by atoms with Gasteiger partial charge in [-0.2, -0.15) is 0 Å². The molecule has 0 aliphatic heterocycles. The molecule has 3 rings (SSSR count). The first-order chi connectivity index (χ1) is 12.4. The van der Waals surface area contributed by atoms with Crippen molar-refractivity contribution in [3.8, 4) is 0 Å². The number of rotatable bonds is 4. The van der Waals surface area contributed by atoms with Gasteiger partial charge in [0.25, 0.3) is 5.91 Å². The quantitative estimate of drug-likeness (QED) is 0.564. The summed E-state index contributed by atoms with van der Waals surface area (Å²) in [6, 6.07) is 12.6. The minimum Gasteiger partial charge on any atom is -0.448 e. The van der Waals surface area contributed by atoms with Gasteiger partial charge in [-0.3, -0.25) is 4.79 Å². The third kappa shape index (κ3) is 3.70. The van der Waals surface area contributed by atoms with Gasteiger partial charge in [0, 0.05) is 4.70 Å². The summed E-state index contributed by atoms with van der Waals surface area (Å²) in [6.45, 7) is 3.37. The molecule has 7 heteroatoms. The van der Waals surface area contributed by atoms with E-state index in [4.69, 9.17) is 27.9 Å². The largest absolute Gasteiger partial charge is 0.448 e. The van der Waals surface area contributed by atoms with Gasteiger partial charge in [0.2, 0.25) is 0 Å². The van der Waals surface area contributed by atoms with Crippen LogP contribution in [-0.2, 0) is 9.53 Å². The van der Waals surface area contributed by atoms with E-state index in [1.165, 1.54) is 18.3 Å². The number of esters is 1. The van der Waals surface area contributed by atoms with Crippen LogP contribution in [0.5, 0.6) is 0 Å². The van der Waals surface area contributed by atoms with Crippen LogP contribution in [0.4, 0.5) is 5.69 Å². The number of carbonyl (C=O) groups is 2. The summed E-state index contributed by atoms with van der Waals surface area (Å²) in [5, 5.41) is 4.22. The Balaban J connectivity index is 1.74. The smallest absolute Gasteiger partial charge is 0.349 e. The Kier molecular flexibility index (Phi) is 5.51. The maximum absolute atomic E-state index is 12.5. The van der Waals surface area contributed by atoms with Gasteiger partial charge in [-0.15, -0.1) is 11.3 Å². The molecule has 1 heterocycles. The van der Waals surface area contributed by atoms with E-state index in [1.54, 1.807) is 18.2 Å². The molecule has 3 aromatic rings. The van der Waals surface area contributed by atoms with Crippen molar-refractivity contribution in [1.29, 1.82) is 0 Å². The van der Waals surface area contributed by atoms with Crippen molar-refractivity contribution < 1.29 is 14.3 Å². The number of anilines is 1. The fourth-order valence-corrected chi connectivity index (χ4v) is 4.06. The highest BCUT2D eigenvalue weighted by molar-refractivity contribution is 7.21. The number of benzene rings is 2. The van der Waals surface area contributed by atoms with Crippen molar-refractivity contribution in [2.24, 2.45) is 0 Å². The molecule has 4 nitrogen and oxygen atoms in total. The zero-order chi connectivity index (χ0) is 18.8. The summed E-state index contributed by atoms with van der Waals surface area (Å²) in [7, 11) is 0. The fraction of sp³-hybridized carbons (Fsp3) is 0.158. The number of hydrogen-bond acceptors (Lipinski definition) is 4. The van der Waals surface area contributed by atoms with E-state index in [0.29, 0.717) is 20.6 Å². The minimum absolute atomic E-state index is 0.293. The van der Waals surface area contributed by atoms with E-state index >= 15 is 0 Å². The summed E-state index contributed by atoms with van der Waals surface area (Å²) in [5.41, 5.74) is 1.14. The number of aryl methyl sites for hydroxylation is 1. The standard InChI is InChI=1S/C19H15Cl2NO3S/c1-10-12-6-3-4-9-15(12)26-17(10)19(24)25-11(2)18(23)22-16-13(20)7-5-8-14(16)21/h3-9,11H,1-2H3,(H,22,23)/t11-/m0/s1. The first-order valence-electron chi connectivity index (χ1n) is 7.82. The third-order valence-corrected chi connectivity index (χ3v) is 5.78. The molecule has 0 spiro atoms. The van der Waals surface area contributed by atoms with E-state index in [0.717, 1.165) is 15.6 Å². The van der Waals surface area contributed by atoms with Crippen LogP contribution >= 0.6 is 34.5 Å². The van der Waals surface area contributed by atoms with Crippen molar-refractivity contribution in [1.82, 2.24) is 0 Å². The van der Waals surface area contributed by atoms with Crippen molar-refractivity contribution >= 4 is 62.2 Å². The highest BCUT2D eigenvalue weighted by Crippen LogP contribution is 2.32. The summed E-state index contributed by atoms with van der Waals surface area (Å²) >= 11 is 13.4. The molecule has 0 bridgehead atoms. The third-order valence-electron chi connectivity index (χ3n) is 3.89. The van der Waals surface area contributed by atoms with E-state index in [-0.39, 0.29) is 0 Å². The summed E-state index contributed by atoms with van der Waals surface area (Å²) in [5.74, 6) is -1.04. The SMILES string of the molecule is Cc1c(C(=O)O[C@@H](C)C(=O)Nc2c(Cl)cccc2Cl)sc2ccccc12. The van der Waals surface area contributed by atoms with Gasteiger partial charge in [0.15, 0.2) is 6.10 Å². The number of hydrogen-bond donors (Lipinski definition) is 1. The second kappa shape index (κ2) is 7.66. The molecule has 26 heavy (non-hydrogen) atoms. The number of halogens is 2. The lowest BCUT2D eigenvalue weighted by molar-refractivity contribution is -0.123. The molecule has 0 radical (unpaired) electrons. The minimum atomic E-state index is -1.00. The highest BCUT2D eigenvalue weighted by Gasteiger charge is 2.23. The maximum Gasteiger partial charge on any atom is 0.349 e. The van der Waals surface area contributed by atoms with Crippen molar-refractivity contribution in [3.63, 3.8) is 0 Å². The maximum atomic E-state index is 12.5. The Labute approximate surface area is 164 Å². The van der Waals surface area contributed by atoms with Crippen molar-refractivity contribution in [3.05, 3.63) is 63.0 Å². The number of ether oxygens (including phenoxy) is 1. The molecule has 0 fully saturated rings. The first-order valence-corrected chi connectivity index (χ1v) is 9.39. The van der Waals surface area contributed by atoms with Crippen LogP contribution in [0.15, 0.2) is 42.5 Å². The van der Waals surface area contributed by atoms with E-state index in [1.807, 2.05) is 31.2 Å². The zero-order valence-electron chi connectivity index (χ0n) is 14.0. The molecule has 0 saturated heterocycles. The fourth-order valence-electron chi connectivity index (χ4n) is 2.48. The predicted molar refractivity (Wildman–Crippen MR) is 107 cm³/mol. The van der Waals surface area contributed by atoms with Crippen LogP contribution in [0.3, 0.4) is 0 Å². The second-order valence-corrected chi connectivity index (χ2v) is 7.55. The molecule has 1 amide bonds.